The van der Waals surface area contributed by atoms with Gasteiger partial charge in [-0.3, -0.25) is 10.1 Å². The number of halogens is 1. The van der Waals surface area contributed by atoms with Gasteiger partial charge in [-0.2, -0.15) is 4.68 Å². The van der Waals surface area contributed by atoms with Gasteiger partial charge in [0.25, 0.3) is 5.69 Å². The van der Waals surface area contributed by atoms with Crippen LogP contribution >= 0.6 is 23.4 Å². The van der Waals surface area contributed by atoms with Gasteiger partial charge in [-0.05, 0) is 58.8 Å². The van der Waals surface area contributed by atoms with Crippen molar-refractivity contribution in [2.45, 2.75) is 25.2 Å². The lowest BCUT2D eigenvalue weighted by Crippen LogP contribution is -2.17. The number of para-hydroxylation sites is 1. The first-order chi connectivity index (χ1) is 18.0. The maximum absolute atomic E-state index is 10.8. The summed E-state index contributed by atoms with van der Waals surface area (Å²) in [6, 6.07) is 19.6. The second kappa shape index (κ2) is 13.0. The monoisotopic (exact) mass is 540 g/mol. The summed E-state index contributed by atoms with van der Waals surface area (Å²) in [5.41, 5.74) is 2.62. The summed E-state index contributed by atoms with van der Waals surface area (Å²) in [6.07, 6.45) is 0. The van der Waals surface area contributed by atoms with Gasteiger partial charge in [0.05, 0.1) is 17.2 Å². The number of benzene rings is 3. The molecular formula is C25H25ClN6O4S. The molecular weight excluding hydrogens is 516 g/mol. The minimum atomic E-state index is -0.434. The molecule has 0 aliphatic rings. The van der Waals surface area contributed by atoms with Crippen LogP contribution in [0.1, 0.15) is 18.1 Å². The van der Waals surface area contributed by atoms with Crippen molar-refractivity contribution < 1.29 is 14.4 Å². The van der Waals surface area contributed by atoms with Gasteiger partial charge in [-0.25, -0.2) is 0 Å². The standard InChI is InChI=1S/C25H25ClN6O4S/c1-2-35-23-14-19(22(26)15-24(23)36-17-18-8-10-21(11-9-18)32(33)34)16-27-12-13-37-25-28-29-30-31(25)20-6-4-3-5-7-20/h3-11,14-15,27H,2,12-13,16-17H2,1H3. The molecule has 0 aliphatic carbocycles. The van der Waals surface area contributed by atoms with E-state index in [0.717, 1.165) is 27.7 Å². The topological polar surface area (TPSA) is 117 Å². The van der Waals surface area contributed by atoms with E-state index in [-0.39, 0.29) is 12.3 Å². The SMILES string of the molecule is CCOc1cc(CNCCSc2nnnn2-c2ccccc2)c(Cl)cc1OCc1ccc([N+](=O)[O-])cc1. The van der Waals surface area contributed by atoms with Gasteiger partial charge < -0.3 is 14.8 Å². The Morgan fingerprint density at radius 1 is 1.08 bits per heavy atom. The molecule has 0 amide bonds. The average molecular weight is 541 g/mol. The zero-order chi connectivity index (χ0) is 26.0. The van der Waals surface area contributed by atoms with E-state index in [2.05, 4.69) is 20.8 Å². The normalized spacial score (nSPS) is 10.9. The predicted molar refractivity (Wildman–Crippen MR) is 142 cm³/mol. The molecule has 1 heterocycles. The van der Waals surface area contributed by atoms with Gasteiger partial charge in [0.1, 0.15) is 6.61 Å². The predicted octanol–water partition coefficient (Wildman–Crippen LogP) is 5.08. The molecule has 4 aromatic rings. The molecule has 0 unspecified atom stereocenters. The highest BCUT2D eigenvalue weighted by Gasteiger charge is 2.13. The molecule has 0 bridgehead atoms. The molecule has 0 saturated carbocycles. The Kier molecular flexibility index (Phi) is 9.30. The van der Waals surface area contributed by atoms with Crippen molar-refractivity contribution in [2.75, 3.05) is 18.9 Å². The highest BCUT2D eigenvalue weighted by atomic mass is 35.5. The summed E-state index contributed by atoms with van der Waals surface area (Å²) in [5.74, 6) is 1.86. The summed E-state index contributed by atoms with van der Waals surface area (Å²) < 4.78 is 13.4. The number of hydrogen-bond donors (Lipinski definition) is 1. The molecule has 37 heavy (non-hydrogen) atoms. The van der Waals surface area contributed by atoms with Crippen molar-refractivity contribution in [1.29, 1.82) is 0 Å². The second-order valence-electron chi connectivity index (χ2n) is 7.77. The minimum absolute atomic E-state index is 0.0341. The Labute approximate surface area is 223 Å². The summed E-state index contributed by atoms with van der Waals surface area (Å²) in [6.45, 7) is 3.85. The lowest BCUT2D eigenvalue weighted by atomic mass is 10.2. The summed E-state index contributed by atoms with van der Waals surface area (Å²) >= 11 is 8.09. The zero-order valence-corrected chi connectivity index (χ0v) is 21.6. The van der Waals surface area contributed by atoms with Crippen LogP contribution in [0.15, 0.2) is 71.9 Å². The quantitative estimate of drug-likeness (QED) is 0.107. The van der Waals surface area contributed by atoms with E-state index in [0.29, 0.717) is 36.2 Å². The Balaban J connectivity index is 1.31. The molecule has 3 aromatic carbocycles. The van der Waals surface area contributed by atoms with Crippen molar-refractivity contribution in [3.63, 3.8) is 0 Å². The molecule has 0 atom stereocenters. The van der Waals surface area contributed by atoms with E-state index in [4.69, 9.17) is 21.1 Å². The Hall–Kier alpha value is -3.67. The number of hydrogen-bond acceptors (Lipinski definition) is 9. The Morgan fingerprint density at radius 2 is 1.84 bits per heavy atom. The maximum atomic E-state index is 10.8. The number of nitrogens with zero attached hydrogens (tertiary/aromatic N) is 5. The van der Waals surface area contributed by atoms with E-state index >= 15 is 0 Å². The van der Waals surface area contributed by atoms with Crippen molar-refractivity contribution in [1.82, 2.24) is 25.5 Å². The molecule has 1 aromatic heterocycles. The number of nitrogens with one attached hydrogen (secondary N) is 1. The fraction of sp³-hybridized carbons (Fsp3) is 0.240. The fourth-order valence-electron chi connectivity index (χ4n) is 3.41. The van der Waals surface area contributed by atoms with Gasteiger partial charge in [0, 0.05) is 42.1 Å². The number of ether oxygens (including phenoxy) is 2. The van der Waals surface area contributed by atoms with Crippen LogP contribution in [0.2, 0.25) is 5.02 Å². The highest BCUT2D eigenvalue weighted by Crippen LogP contribution is 2.34. The molecule has 12 heteroatoms. The van der Waals surface area contributed by atoms with Gasteiger partial charge in [0.2, 0.25) is 5.16 Å². The van der Waals surface area contributed by atoms with Gasteiger partial charge in [-0.15, -0.1) is 5.10 Å². The molecule has 0 saturated heterocycles. The molecule has 10 nitrogen and oxygen atoms in total. The Bertz CT molecular complexity index is 1320. The molecule has 1 N–H and O–H groups in total. The number of nitro benzene ring substituents is 1. The first-order valence-electron chi connectivity index (χ1n) is 11.5. The molecule has 4 rings (SSSR count). The van der Waals surface area contributed by atoms with Crippen LogP contribution in [0, 0.1) is 10.1 Å². The largest absolute Gasteiger partial charge is 0.490 e. The first kappa shape index (κ1) is 26.4. The molecule has 0 fully saturated rings. The van der Waals surface area contributed by atoms with Crippen LogP contribution in [0.4, 0.5) is 5.69 Å². The van der Waals surface area contributed by atoms with E-state index < -0.39 is 4.92 Å². The van der Waals surface area contributed by atoms with Crippen LogP contribution < -0.4 is 14.8 Å². The van der Waals surface area contributed by atoms with Crippen molar-refractivity contribution in [3.05, 3.63) is 93.0 Å². The summed E-state index contributed by atoms with van der Waals surface area (Å²) in [5, 5.41) is 27.5. The number of non-ortho nitro benzene ring substituents is 1. The fourth-order valence-corrected chi connectivity index (χ4v) is 4.41. The van der Waals surface area contributed by atoms with E-state index in [1.807, 2.05) is 43.3 Å². The van der Waals surface area contributed by atoms with Crippen molar-refractivity contribution in [2.24, 2.45) is 0 Å². The molecule has 0 aliphatic heterocycles. The first-order valence-corrected chi connectivity index (χ1v) is 12.9. The minimum Gasteiger partial charge on any atom is -0.490 e. The Morgan fingerprint density at radius 3 is 2.57 bits per heavy atom. The van der Waals surface area contributed by atoms with Crippen LogP contribution in [0.3, 0.4) is 0 Å². The number of aromatic nitrogens is 4. The van der Waals surface area contributed by atoms with E-state index in [1.54, 1.807) is 34.6 Å². The number of thioether (sulfide) groups is 1. The number of rotatable bonds is 13. The third-order valence-corrected chi connectivity index (χ3v) is 6.49. The second-order valence-corrected chi connectivity index (χ2v) is 9.24. The average Bonchev–Trinajstić information content (AvgIpc) is 3.38. The molecule has 0 radical (unpaired) electrons. The molecule has 192 valence electrons. The highest BCUT2D eigenvalue weighted by molar-refractivity contribution is 7.99. The molecule has 0 spiro atoms. The lowest BCUT2D eigenvalue weighted by Gasteiger charge is -2.15. The smallest absolute Gasteiger partial charge is 0.269 e. The van der Waals surface area contributed by atoms with Gasteiger partial charge in [0.15, 0.2) is 11.5 Å². The van der Waals surface area contributed by atoms with Crippen LogP contribution in [0.5, 0.6) is 11.5 Å². The maximum Gasteiger partial charge on any atom is 0.269 e. The van der Waals surface area contributed by atoms with Gasteiger partial charge >= 0.3 is 0 Å². The van der Waals surface area contributed by atoms with Crippen LogP contribution in [-0.4, -0.2) is 44.0 Å². The summed E-state index contributed by atoms with van der Waals surface area (Å²) in [4.78, 5) is 10.4. The third-order valence-electron chi connectivity index (χ3n) is 5.22. The van der Waals surface area contributed by atoms with Gasteiger partial charge in [-0.1, -0.05) is 41.6 Å². The third kappa shape index (κ3) is 7.19. The van der Waals surface area contributed by atoms with E-state index in [1.165, 1.54) is 12.1 Å². The lowest BCUT2D eigenvalue weighted by molar-refractivity contribution is -0.384. The van der Waals surface area contributed by atoms with Crippen LogP contribution in [-0.2, 0) is 13.2 Å². The summed E-state index contributed by atoms with van der Waals surface area (Å²) in [7, 11) is 0. The number of nitro groups is 1. The zero-order valence-electron chi connectivity index (χ0n) is 20.0. The van der Waals surface area contributed by atoms with Crippen molar-refractivity contribution in [3.8, 4) is 17.2 Å². The van der Waals surface area contributed by atoms with E-state index in [9.17, 15) is 10.1 Å². The van der Waals surface area contributed by atoms with Crippen molar-refractivity contribution >= 4 is 29.1 Å². The van der Waals surface area contributed by atoms with Crippen LogP contribution in [0.25, 0.3) is 5.69 Å². The number of tetrazole rings is 1.